The minimum atomic E-state index is -3.39. The second-order valence-electron chi connectivity index (χ2n) is 8.01. The molecule has 2 aliphatic rings. The van der Waals surface area contributed by atoms with Crippen LogP contribution in [0.4, 0.5) is 11.4 Å². The maximum absolute atomic E-state index is 13.5. The second kappa shape index (κ2) is 6.62. The molecular weight excluding hydrogens is 372 g/mol. The predicted molar refractivity (Wildman–Crippen MR) is 112 cm³/mol. The van der Waals surface area contributed by atoms with E-state index in [9.17, 15) is 13.2 Å². The summed E-state index contributed by atoms with van der Waals surface area (Å²) in [6, 6.07) is 9.82. The van der Waals surface area contributed by atoms with Crippen molar-refractivity contribution in [3.63, 3.8) is 0 Å². The zero-order chi connectivity index (χ0) is 20.2. The van der Waals surface area contributed by atoms with Crippen LogP contribution in [0.1, 0.15) is 39.9 Å². The molecule has 28 heavy (non-hydrogen) atoms. The Morgan fingerprint density at radius 3 is 2.39 bits per heavy atom. The lowest BCUT2D eigenvalue weighted by Crippen LogP contribution is -2.45. The number of nitrogens with zero attached hydrogens (tertiary/aromatic N) is 2. The summed E-state index contributed by atoms with van der Waals surface area (Å²) in [5.41, 5.74) is 5.33. The SMILES string of the molecule is Cc1cc(S(C)(=O)=O)cc(C(=O)N2CCN(C3CC3)c3c(C)cccc32)c1C. The molecule has 1 heterocycles. The molecule has 1 amide bonds. The van der Waals surface area contributed by atoms with Gasteiger partial charge in [0, 0.05) is 31.0 Å². The Kier molecular flexibility index (Phi) is 4.49. The molecule has 0 radical (unpaired) electrons. The number of hydrogen-bond acceptors (Lipinski definition) is 4. The average Bonchev–Trinajstić information content (AvgIpc) is 3.47. The quantitative estimate of drug-likeness (QED) is 0.792. The van der Waals surface area contributed by atoms with E-state index in [0.29, 0.717) is 18.2 Å². The Hall–Kier alpha value is -2.34. The topological polar surface area (TPSA) is 57.7 Å². The minimum Gasteiger partial charge on any atom is -0.365 e. The summed E-state index contributed by atoms with van der Waals surface area (Å²) in [7, 11) is -3.39. The van der Waals surface area contributed by atoms with Crippen LogP contribution >= 0.6 is 0 Å². The number of amides is 1. The van der Waals surface area contributed by atoms with Gasteiger partial charge in [0.2, 0.25) is 0 Å². The van der Waals surface area contributed by atoms with Crippen molar-refractivity contribution in [3.8, 4) is 0 Å². The Morgan fingerprint density at radius 1 is 1.04 bits per heavy atom. The first kappa shape index (κ1) is 19.0. The number of fused-ring (bicyclic) bond motifs is 1. The van der Waals surface area contributed by atoms with Gasteiger partial charge in [-0.2, -0.15) is 0 Å². The lowest BCUT2D eigenvalue weighted by atomic mass is 10.0. The van der Waals surface area contributed by atoms with Crippen molar-refractivity contribution in [2.24, 2.45) is 0 Å². The van der Waals surface area contributed by atoms with Gasteiger partial charge in [-0.1, -0.05) is 12.1 Å². The van der Waals surface area contributed by atoms with Crippen LogP contribution in [0.25, 0.3) is 0 Å². The van der Waals surface area contributed by atoms with Gasteiger partial charge >= 0.3 is 0 Å². The number of benzene rings is 2. The second-order valence-corrected chi connectivity index (χ2v) is 10.0. The van der Waals surface area contributed by atoms with Crippen molar-refractivity contribution < 1.29 is 13.2 Å². The zero-order valence-electron chi connectivity index (χ0n) is 16.8. The molecule has 1 fully saturated rings. The van der Waals surface area contributed by atoms with Gasteiger partial charge in [0.25, 0.3) is 5.91 Å². The highest BCUT2D eigenvalue weighted by molar-refractivity contribution is 7.90. The molecule has 6 heteroatoms. The van der Waals surface area contributed by atoms with Gasteiger partial charge in [-0.3, -0.25) is 4.79 Å². The van der Waals surface area contributed by atoms with Crippen molar-refractivity contribution in [1.82, 2.24) is 0 Å². The van der Waals surface area contributed by atoms with E-state index >= 15 is 0 Å². The van der Waals surface area contributed by atoms with Crippen LogP contribution < -0.4 is 9.80 Å². The van der Waals surface area contributed by atoms with Crippen molar-refractivity contribution in [2.45, 2.75) is 44.6 Å². The summed E-state index contributed by atoms with van der Waals surface area (Å²) in [6.45, 7) is 7.23. The van der Waals surface area contributed by atoms with E-state index in [1.165, 1.54) is 30.7 Å². The van der Waals surface area contributed by atoms with Crippen LogP contribution in [0.3, 0.4) is 0 Å². The largest absolute Gasteiger partial charge is 0.365 e. The van der Waals surface area contributed by atoms with E-state index in [4.69, 9.17) is 0 Å². The fourth-order valence-corrected chi connectivity index (χ4v) is 4.77. The maximum atomic E-state index is 13.5. The monoisotopic (exact) mass is 398 g/mol. The van der Waals surface area contributed by atoms with Gasteiger partial charge in [-0.15, -0.1) is 0 Å². The van der Waals surface area contributed by atoms with Gasteiger partial charge in [0.1, 0.15) is 0 Å². The summed E-state index contributed by atoms with van der Waals surface area (Å²) in [5, 5.41) is 0. The third kappa shape index (κ3) is 3.20. The molecule has 1 aliphatic carbocycles. The van der Waals surface area contributed by atoms with Gasteiger partial charge in [0.05, 0.1) is 16.3 Å². The molecule has 4 rings (SSSR count). The summed E-state index contributed by atoms with van der Waals surface area (Å²) in [5.74, 6) is -0.131. The summed E-state index contributed by atoms with van der Waals surface area (Å²) in [4.78, 5) is 18.0. The van der Waals surface area contributed by atoms with E-state index in [0.717, 1.165) is 29.0 Å². The van der Waals surface area contributed by atoms with E-state index in [2.05, 4.69) is 17.9 Å². The van der Waals surface area contributed by atoms with E-state index in [1.807, 2.05) is 30.9 Å². The Labute approximate surface area is 166 Å². The van der Waals surface area contributed by atoms with Gasteiger partial charge in [0.15, 0.2) is 9.84 Å². The third-order valence-electron chi connectivity index (χ3n) is 5.89. The number of carbonyl (C=O) groups is 1. The average molecular weight is 399 g/mol. The van der Waals surface area contributed by atoms with Crippen LogP contribution in [0.5, 0.6) is 0 Å². The number of rotatable bonds is 3. The van der Waals surface area contributed by atoms with Crippen LogP contribution in [0.2, 0.25) is 0 Å². The zero-order valence-corrected chi connectivity index (χ0v) is 17.6. The Balaban J connectivity index is 1.80. The fourth-order valence-electron chi connectivity index (χ4n) is 4.05. The Bertz CT molecular complexity index is 1070. The van der Waals surface area contributed by atoms with Crippen LogP contribution in [-0.4, -0.2) is 39.7 Å². The number of para-hydroxylation sites is 1. The lowest BCUT2D eigenvalue weighted by Gasteiger charge is -2.39. The van der Waals surface area contributed by atoms with Crippen molar-refractivity contribution in [1.29, 1.82) is 0 Å². The standard InChI is InChI=1S/C22H26N2O3S/c1-14-6-5-7-20-21(14)23(17-8-9-17)10-11-24(20)22(25)19-13-18(28(4,26)27)12-15(2)16(19)3/h5-7,12-13,17H,8-11H2,1-4H3. The molecule has 148 valence electrons. The fraction of sp³-hybridized carbons (Fsp3) is 0.409. The van der Waals surface area contributed by atoms with E-state index in [-0.39, 0.29) is 10.8 Å². The number of anilines is 2. The van der Waals surface area contributed by atoms with Crippen molar-refractivity contribution in [2.75, 3.05) is 29.1 Å². The normalized spacial score (nSPS) is 16.9. The first-order valence-electron chi connectivity index (χ1n) is 9.68. The summed E-state index contributed by atoms with van der Waals surface area (Å²) < 4.78 is 24.2. The smallest absolute Gasteiger partial charge is 0.258 e. The number of carbonyl (C=O) groups excluding carboxylic acids is 1. The number of aryl methyl sites for hydroxylation is 2. The number of sulfone groups is 1. The highest BCUT2D eigenvalue weighted by Gasteiger charge is 2.37. The molecule has 0 spiro atoms. The van der Waals surface area contributed by atoms with E-state index < -0.39 is 9.84 Å². The van der Waals surface area contributed by atoms with Gasteiger partial charge in [-0.25, -0.2) is 8.42 Å². The van der Waals surface area contributed by atoms with Crippen molar-refractivity contribution >= 4 is 27.1 Å². The van der Waals surface area contributed by atoms with Crippen LogP contribution in [0.15, 0.2) is 35.2 Å². The first-order chi connectivity index (χ1) is 13.2. The van der Waals surface area contributed by atoms with E-state index in [1.54, 1.807) is 6.07 Å². The molecule has 0 aromatic heterocycles. The molecule has 0 unspecified atom stereocenters. The molecule has 1 saturated carbocycles. The minimum absolute atomic E-state index is 0.131. The summed E-state index contributed by atoms with van der Waals surface area (Å²) in [6.07, 6.45) is 3.59. The third-order valence-corrected chi connectivity index (χ3v) is 6.98. The molecule has 1 aliphatic heterocycles. The number of hydrogen-bond donors (Lipinski definition) is 0. The van der Waals surface area contributed by atoms with Gasteiger partial charge < -0.3 is 9.80 Å². The molecule has 0 atom stereocenters. The predicted octanol–water partition coefficient (Wildman–Crippen LogP) is 3.64. The van der Waals surface area contributed by atoms with Crippen LogP contribution in [-0.2, 0) is 9.84 Å². The molecular formula is C22H26N2O3S. The first-order valence-corrected chi connectivity index (χ1v) is 11.6. The lowest BCUT2D eigenvalue weighted by molar-refractivity contribution is 0.0985. The molecule has 2 aromatic rings. The van der Waals surface area contributed by atoms with Crippen LogP contribution in [0, 0.1) is 20.8 Å². The molecule has 0 bridgehead atoms. The highest BCUT2D eigenvalue weighted by atomic mass is 32.2. The molecule has 0 saturated heterocycles. The highest BCUT2D eigenvalue weighted by Crippen LogP contribution is 2.42. The summed E-state index contributed by atoms with van der Waals surface area (Å²) >= 11 is 0. The van der Waals surface area contributed by atoms with Crippen molar-refractivity contribution in [3.05, 3.63) is 52.6 Å². The maximum Gasteiger partial charge on any atom is 0.258 e. The molecule has 5 nitrogen and oxygen atoms in total. The molecule has 2 aromatic carbocycles. The van der Waals surface area contributed by atoms with Gasteiger partial charge in [-0.05, 0) is 68.5 Å². The Morgan fingerprint density at radius 2 is 1.75 bits per heavy atom. The molecule has 0 N–H and O–H groups in total.